The number of nitrogens with zero attached hydrogens (tertiary/aromatic N) is 1. The second kappa shape index (κ2) is 11.9. The number of carbonyl (C=O) groups is 2. The molecule has 3 aromatic carbocycles. The van der Waals surface area contributed by atoms with Gasteiger partial charge in [0.05, 0.1) is 18.2 Å². The van der Waals surface area contributed by atoms with Gasteiger partial charge < -0.3 is 20.4 Å². The lowest BCUT2D eigenvalue weighted by Gasteiger charge is -2.29. The molecule has 1 aliphatic carbocycles. The number of likely N-dealkylation sites (tertiary alicyclic amines) is 1. The van der Waals surface area contributed by atoms with Crippen molar-refractivity contribution in [2.45, 2.75) is 62.8 Å². The lowest BCUT2D eigenvalue weighted by Crippen LogP contribution is -2.43. The van der Waals surface area contributed by atoms with Gasteiger partial charge in [0.25, 0.3) is 0 Å². The summed E-state index contributed by atoms with van der Waals surface area (Å²) in [6, 6.07) is 27.2. The average Bonchev–Trinajstić information content (AvgIpc) is 3.43. The van der Waals surface area contributed by atoms with Crippen molar-refractivity contribution in [1.29, 1.82) is 0 Å². The quantitative estimate of drug-likeness (QED) is 0.387. The van der Waals surface area contributed by atoms with Crippen molar-refractivity contribution < 1.29 is 19.8 Å². The maximum absolute atomic E-state index is 13.6. The number of carbonyl (C=O) groups excluding carboxylic acids is 2. The normalized spacial score (nSPS) is 22.2. The van der Waals surface area contributed by atoms with E-state index in [0.29, 0.717) is 19.3 Å². The van der Waals surface area contributed by atoms with E-state index < -0.39 is 24.2 Å². The van der Waals surface area contributed by atoms with Gasteiger partial charge in [-0.1, -0.05) is 84.9 Å². The number of benzene rings is 3. The van der Waals surface area contributed by atoms with Crippen molar-refractivity contribution >= 4 is 11.8 Å². The molecule has 3 aromatic rings. The molecule has 1 heterocycles. The van der Waals surface area contributed by atoms with Crippen molar-refractivity contribution in [1.82, 2.24) is 10.2 Å². The van der Waals surface area contributed by atoms with Crippen LogP contribution in [0.4, 0.5) is 0 Å². The zero-order valence-corrected chi connectivity index (χ0v) is 21.6. The third-order valence-electron chi connectivity index (χ3n) is 7.93. The molecule has 2 amide bonds. The van der Waals surface area contributed by atoms with E-state index in [4.69, 9.17) is 0 Å². The minimum Gasteiger partial charge on any atom is -0.391 e. The van der Waals surface area contributed by atoms with Gasteiger partial charge in [0, 0.05) is 31.3 Å². The minimum absolute atomic E-state index is 0.0473. The molecule has 0 spiro atoms. The highest BCUT2D eigenvalue weighted by molar-refractivity contribution is 5.80. The molecule has 198 valence electrons. The third kappa shape index (κ3) is 6.14. The first-order chi connectivity index (χ1) is 18.5. The number of nitrogens with one attached hydrogen (secondary N) is 1. The first kappa shape index (κ1) is 26.1. The van der Waals surface area contributed by atoms with Crippen molar-refractivity contribution in [3.05, 3.63) is 107 Å². The van der Waals surface area contributed by atoms with Gasteiger partial charge in [-0.25, -0.2) is 0 Å². The fourth-order valence-electron chi connectivity index (χ4n) is 5.97. The number of rotatable bonds is 10. The molecular weight excluding hydrogens is 476 g/mol. The molecule has 5 atom stereocenters. The molecule has 6 heteroatoms. The van der Waals surface area contributed by atoms with Gasteiger partial charge in [-0.2, -0.15) is 0 Å². The number of β-amino-alcohol motifs (C(OH)–C–C–N with tert-alkyl or cyclic N) is 1. The van der Waals surface area contributed by atoms with Crippen LogP contribution in [0.3, 0.4) is 0 Å². The zero-order valence-electron chi connectivity index (χ0n) is 21.6. The second-order valence-electron chi connectivity index (χ2n) is 10.7. The summed E-state index contributed by atoms with van der Waals surface area (Å²) in [5, 5.41) is 24.9. The van der Waals surface area contributed by atoms with Crippen molar-refractivity contribution in [3.8, 4) is 0 Å². The lowest BCUT2D eigenvalue weighted by atomic mass is 9.91. The number of hydrogen-bond acceptors (Lipinski definition) is 4. The largest absolute Gasteiger partial charge is 0.391 e. The Labute approximate surface area is 224 Å². The molecule has 5 rings (SSSR count). The molecule has 0 saturated carbocycles. The highest BCUT2D eigenvalue weighted by Crippen LogP contribution is 2.32. The molecular formula is C32H36N2O4. The van der Waals surface area contributed by atoms with E-state index >= 15 is 0 Å². The zero-order chi connectivity index (χ0) is 26.5. The van der Waals surface area contributed by atoms with E-state index in [1.54, 1.807) is 4.90 Å². The van der Waals surface area contributed by atoms with E-state index in [1.165, 1.54) is 5.56 Å². The molecule has 0 bridgehead atoms. The summed E-state index contributed by atoms with van der Waals surface area (Å²) < 4.78 is 0. The average molecular weight is 513 g/mol. The van der Waals surface area contributed by atoms with Gasteiger partial charge in [-0.05, 0) is 47.9 Å². The number of hydrogen-bond donors (Lipinski definition) is 3. The van der Waals surface area contributed by atoms with Crippen LogP contribution in [0.25, 0.3) is 0 Å². The monoisotopic (exact) mass is 512 g/mol. The maximum atomic E-state index is 13.6. The first-order valence-corrected chi connectivity index (χ1v) is 13.6. The summed E-state index contributed by atoms with van der Waals surface area (Å²) in [5.74, 6) is -0.639. The van der Waals surface area contributed by atoms with E-state index in [-0.39, 0.29) is 30.8 Å². The van der Waals surface area contributed by atoms with Crippen LogP contribution in [0.1, 0.15) is 47.6 Å². The Hall–Kier alpha value is -3.48. The number of amides is 2. The summed E-state index contributed by atoms with van der Waals surface area (Å²) in [7, 11) is 0. The molecule has 0 aromatic heterocycles. The van der Waals surface area contributed by atoms with Crippen molar-refractivity contribution in [3.63, 3.8) is 0 Å². The molecule has 3 N–H and O–H groups in total. The van der Waals surface area contributed by atoms with Crippen molar-refractivity contribution in [2.75, 3.05) is 6.54 Å². The highest BCUT2D eigenvalue weighted by atomic mass is 16.3. The van der Waals surface area contributed by atoms with Gasteiger partial charge >= 0.3 is 0 Å². The standard InChI is InChI=1S/C32H36N2O4/c35-27(21-34-26(15-16-30(34)37)18-23-11-5-2-6-12-23)19-25(17-22-9-3-1-4-10-22)32(38)33-31-28-14-8-7-13-24(28)20-29(31)36/h1-14,25-27,29,31,35-36H,15-21H2,(H,33,38)/t25-,26+,27-,29+,31?/m0/s1. The predicted molar refractivity (Wildman–Crippen MR) is 146 cm³/mol. The number of fused-ring (bicyclic) bond motifs is 1. The van der Waals surface area contributed by atoms with Crippen molar-refractivity contribution in [2.24, 2.45) is 5.92 Å². The Morgan fingerprint density at radius 1 is 0.947 bits per heavy atom. The van der Waals surface area contributed by atoms with Gasteiger partial charge in [-0.3, -0.25) is 9.59 Å². The fraction of sp³-hybridized carbons (Fsp3) is 0.375. The predicted octanol–water partition coefficient (Wildman–Crippen LogP) is 3.60. The summed E-state index contributed by atoms with van der Waals surface area (Å²) in [6.07, 6.45) is 1.70. The molecule has 38 heavy (non-hydrogen) atoms. The smallest absolute Gasteiger partial charge is 0.224 e. The number of aliphatic hydroxyl groups excluding tert-OH is 2. The third-order valence-corrected chi connectivity index (χ3v) is 7.93. The topological polar surface area (TPSA) is 89.9 Å². The van der Waals surface area contributed by atoms with Crippen LogP contribution in [0.15, 0.2) is 84.9 Å². The van der Waals surface area contributed by atoms with Crippen LogP contribution in [0.2, 0.25) is 0 Å². The Morgan fingerprint density at radius 3 is 2.34 bits per heavy atom. The van der Waals surface area contributed by atoms with Gasteiger partial charge in [0.2, 0.25) is 11.8 Å². The van der Waals surface area contributed by atoms with Crippen LogP contribution in [-0.4, -0.2) is 51.7 Å². The molecule has 1 fully saturated rings. The van der Waals surface area contributed by atoms with Crippen LogP contribution in [0.5, 0.6) is 0 Å². The van der Waals surface area contributed by atoms with Crippen LogP contribution >= 0.6 is 0 Å². The Morgan fingerprint density at radius 2 is 1.61 bits per heavy atom. The summed E-state index contributed by atoms with van der Waals surface area (Å²) in [5.41, 5.74) is 4.16. The highest BCUT2D eigenvalue weighted by Gasteiger charge is 2.36. The van der Waals surface area contributed by atoms with Crippen LogP contribution < -0.4 is 5.32 Å². The molecule has 0 radical (unpaired) electrons. The molecule has 1 saturated heterocycles. The fourth-order valence-corrected chi connectivity index (χ4v) is 5.97. The molecule has 6 nitrogen and oxygen atoms in total. The molecule has 1 unspecified atom stereocenters. The molecule has 2 aliphatic rings. The van der Waals surface area contributed by atoms with Crippen LogP contribution in [-0.2, 0) is 28.9 Å². The Kier molecular flexibility index (Phi) is 8.20. The van der Waals surface area contributed by atoms with E-state index in [9.17, 15) is 19.8 Å². The summed E-state index contributed by atoms with van der Waals surface area (Å²) in [6.45, 7) is 0.212. The van der Waals surface area contributed by atoms with Gasteiger partial charge in [0.15, 0.2) is 0 Å². The van der Waals surface area contributed by atoms with E-state index in [1.807, 2.05) is 72.8 Å². The van der Waals surface area contributed by atoms with Crippen LogP contribution in [0, 0.1) is 5.92 Å². The van der Waals surface area contributed by atoms with E-state index in [2.05, 4.69) is 17.4 Å². The SMILES string of the molecule is O=C(NC1c2ccccc2C[C@H]1O)[C@@H](Cc1ccccc1)C[C@H](O)CN1C(=O)CC[C@@H]1Cc1ccccc1. The summed E-state index contributed by atoms with van der Waals surface area (Å²) >= 11 is 0. The second-order valence-corrected chi connectivity index (χ2v) is 10.7. The Bertz CT molecular complexity index is 1230. The first-order valence-electron chi connectivity index (χ1n) is 13.6. The maximum Gasteiger partial charge on any atom is 0.224 e. The number of aliphatic hydroxyl groups is 2. The lowest BCUT2D eigenvalue weighted by molar-refractivity contribution is -0.131. The summed E-state index contributed by atoms with van der Waals surface area (Å²) in [4.78, 5) is 28.1. The van der Waals surface area contributed by atoms with Gasteiger partial charge in [0.1, 0.15) is 0 Å². The minimum atomic E-state index is -0.837. The van der Waals surface area contributed by atoms with E-state index in [0.717, 1.165) is 29.5 Å². The molecule has 1 aliphatic heterocycles. The Balaban J connectivity index is 1.28. The van der Waals surface area contributed by atoms with Gasteiger partial charge in [-0.15, -0.1) is 0 Å².